The van der Waals surface area contributed by atoms with Crippen LogP contribution >= 0.6 is 0 Å². The van der Waals surface area contributed by atoms with Crippen molar-refractivity contribution < 1.29 is 4.79 Å². The second-order valence-corrected chi connectivity index (χ2v) is 4.65. The molecule has 0 atom stereocenters. The lowest BCUT2D eigenvalue weighted by molar-refractivity contribution is -0.143. The standard InChI is InChI=1S/C10H20N2O/c1-5-10(2)7-12(8-10)9(13)6-11(3)4/h5-8H2,1-4H3. The van der Waals surface area contributed by atoms with Crippen molar-refractivity contribution in [1.82, 2.24) is 9.80 Å². The average Bonchev–Trinajstić information content (AvgIpc) is 1.97. The Hall–Kier alpha value is -0.570. The summed E-state index contributed by atoms with van der Waals surface area (Å²) in [5, 5.41) is 0. The fourth-order valence-corrected chi connectivity index (χ4v) is 1.65. The van der Waals surface area contributed by atoms with Gasteiger partial charge >= 0.3 is 0 Å². The molecule has 0 aromatic heterocycles. The van der Waals surface area contributed by atoms with Crippen LogP contribution in [0.2, 0.25) is 0 Å². The van der Waals surface area contributed by atoms with E-state index in [4.69, 9.17) is 0 Å². The van der Waals surface area contributed by atoms with E-state index >= 15 is 0 Å². The van der Waals surface area contributed by atoms with Gasteiger partial charge in [0, 0.05) is 18.5 Å². The maximum absolute atomic E-state index is 11.5. The molecular formula is C10H20N2O. The minimum atomic E-state index is 0.260. The summed E-state index contributed by atoms with van der Waals surface area (Å²) in [6.45, 7) is 6.85. The summed E-state index contributed by atoms with van der Waals surface area (Å²) in [6.07, 6.45) is 1.17. The van der Waals surface area contributed by atoms with Gasteiger partial charge in [-0.1, -0.05) is 13.8 Å². The van der Waals surface area contributed by atoms with Crippen molar-refractivity contribution in [2.24, 2.45) is 5.41 Å². The van der Waals surface area contributed by atoms with Crippen LogP contribution in [0.4, 0.5) is 0 Å². The highest BCUT2D eigenvalue weighted by molar-refractivity contribution is 5.79. The number of amides is 1. The van der Waals surface area contributed by atoms with Crippen LogP contribution < -0.4 is 0 Å². The van der Waals surface area contributed by atoms with E-state index in [9.17, 15) is 4.79 Å². The molecule has 0 saturated carbocycles. The maximum Gasteiger partial charge on any atom is 0.236 e. The number of nitrogens with zero attached hydrogens (tertiary/aromatic N) is 2. The first-order valence-corrected chi connectivity index (χ1v) is 4.89. The number of hydrogen-bond donors (Lipinski definition) is 0. The van der Waals surface area contributed by atoms with Crippen LogP contribution in [-0.2, 0) is 4.79 Å². The van der Waals surface area contributed by atoms with E-state index in [1.165, 1.54) is 6.42 Å². The third-order valence-electron chi connectivity index (χ3n) is 2.80. The number of likely N-dealkylation sites (tertiary alicyclic amines) is 1. The molecule has 0 aromatic rings. The Morgan fingerprint density at radius 1 is 1.46 bits per heavy atom. The fraction of sp³-hybridized carbons (Fsp3) is 0.900. The molecule has 1 aliphatic rings. The predicted molar refractivity (Wildman–Crippen MR) is 53.5 cm³/mol. The summed E-state index contributed by atoms with van der Waals surface area (Å²) in [6, 6.07) is 0. The Morgan fingerprint density at radius 3 is 2.38 bits per heavy atom. The summed E-state index contributed by atoms with van der Waals surface area (Å²) >= 11 is 0. The summed E-state index contributed by atoms with van der Waals surface area (Å²) in [7, 11) is 3.85. The quantitative estimate of drug-likeness (QED) is 0.648. The molecule has 0 N–H and O–H groups in total. The highest BCUT2D eigenvalue weighted by Gasteiger charge is 2.39. The molecule has 1 heterocycles. The Bertz CT molecular complexity index is 195. The van der Waals surface area contributed by atoms with Crippen molar-refractivity contribution in [3.05, 3.63) is 0 Å². The number of hydrogen-bond acceptors (Lipinski definition) is 2. The summed E-state index contributed by atoms with van der Waals surface area (Å²) < 4.78 is 0. The van der Waals surface area contributed by atoms with Gasteiger partial charge in [0.2, 0.25) is 5.91 Å². The number of likely N-dealkylation sites (N-methyl/N-ethyl adjacent to an activating group) is 1. The van der Waals surface area contributed by atoms with Crippen LogP contribution in [0.5, 0.6) is 0 Å². The smallest absolute Gasteiger partial charge is 0.236 e. The van der Waals surface area contributed by atoms with E-state index in [1.54, 1.807) is 0 Å². The molecule has 3 heteroatoms. The van der Waals surface area contributed by atoms with E-state index < -0.39 is 0 Å². The molecule has 0 unspecified atom stereocenters. The van der Waals surface area contributed by atoms with Crippen LogP contribution in [0.15, 0.2) is 0 Å². The van der Waals surface area contributed by atoms with Crippen molar-refractivity contribution in [3.8, 4) is 0 Å². The monoisotopic (exact) mass is 184 g/mol. The minimum Gasteiger partial charge on any atom is -0.340 e. The number of carbonyl (C=O) groups is 1. The molecular weight excluding hydrogens is 164 g/mol. The van der Waals surface area contributed by atoms with Gasteiger partial charge in [-0.2, -0.15) is 0 Å². The first kappa shape index (κ1) is 10.5. The van der Waals surface area contributed by atoms with Crippen LogP contribution in [0.25, 0.3) is 0 Å². The molecule has 1 amide bonds. The lowest BCUT2D eigenvalue weighted by Crippen LogP contribution is -2.58. The third-order valence-corrected chi connectivity index (χ3v) is 2.80. The summed E-state index contributed by atoms with van der Waals surface area (Å²) in [4.78, 5) is 15.4. The molecule has 1 aliphatic heterocycles. The highest BCUT2D eigenvalue weighted by Crippen LogP contribution is 2.32. The number of rotatable bonds is 3. The minimum absolute atomic E-state index is 0.260. The molecule has 1 rings (SSSR count). The van der Waals surface area contributed by atoms with Gasteiger partial charge in [0.25, 0.3) is 0 Å². The summed E-state index contributed by atoms with van der Waals surface area (Å²) in [5.41, 5.74) is 0.391. The largest absolute Gasteiger partial charge is 0.340 e. The van der Waals surface area contributed by atoms with E-state index in [0.717, 1.165) is 13.1 Å². The van der Waals surface area contributed by atoms with Gasteiger partial charge < -0.3 is 9.80 Å². The normalized spacial score (nSPS) is 20.2. The highest BCUT2D eigenvalue weighted by atomic mass is 16.2. The van der Waals surface area contributed by atoms with Gasteiger partial charge in [-0.05, 0) is 20.5 Å². The molecule has 0 aromatic carbocycles. The van der Waals surface area contributed by atoms with Gasteiger partial charge in [0.05, 0.1) is 6.54 Å². The van der Waals surface area contributed by atoms with E-state index in [0.29, 0.717) is 12.0 Å². The predicted octanol–water partition coefficient (Wildman–Crippen LogP) is 0.806. The first-order valence-electron chi connectivity index (χ1n) is 4.89. The van der Waals surface area contributed by atoms with Crippen molar-refractivity contribution >= 4 is 5.91 Å². The zero-order valence-corrected chi connectivity index (χ0v) is 9.13. The Labute approximate surface area is 80.7 Å². The zero-order chi connectivity index (χ0) is 10.1. The van der Waals surface area contributed by atoms with Crippen molar-refractivity contribution in [3.63, 3.8) is 0 Å². The number of carbonyl (C=O) groups excluding carboxylic acids is 1. The second kappa shape index (κ2) is 3.66. The van der Waals surface area contributed by atoms with Crippen LogP contribution in [0, 0.1) is 5.41 Å². The van der Waals surface area contributed by atoms with E-state index in [2.05, 4.69) is 13.8 Å². The fourth-order valence-electron chi connectivity index (χ4n) is 1.65. The van der Waals surface area contributed by atoms with Crippen molar-refractivity contribution in [1.29, 1.82) is 0 Å². The molecule has 0 spiro atoms. The molecule has 0 aliphatic carbocycles. The molecule has 13 heavy (non-hydrogen) atoms. The van der Waals surface area contributed by atoms with Gasteiger partial charge in [-0.3, -0.25) is 4.79 Å². The van der Waals surface area contributed by atoms with Gasteiger partial charge in [-0.15, -0.1) is 0 Å². The molecule has 1 fully saturated rings. The van der Waals surface area contributed by atoms with Crippen LogP contribution in [-0.4, -0.2) is 49.4 Å². The lowest BCUT2D eigenvalue weighted by atomic mass is 9.79. The third kappa shape index (κ3) is 2.44. The Kier molecular flexibility index (Phi) is 2.96. The van der Waals surface area contributed by atoms with Crippen molar-refractivity contribution in [2.45, 2.75) is 20.3 Å². The van der Waals surface area contributed by atoms with Crippen molar-refractivity contribution in [2.75, 3.05) is 33.7 Å². The summed E-state index contributed by atoms with van der Waals surface area (Å²) in [5.74, 6) is 0.260. The Morgan fingerprint density at radius 2 is 2.00 bits per heavy atom. The van der Waals surface area contributed by atoms with Crippen LogP contribution in [0.1, 0.15) is 20.3 Å². The maximum atomic E-state index is 11.5. The SMILES string of the molecule is CCC1(C)CN(C(=O)CN(C)C)C1. The van der Waals surface area contributed by atoms with E-state index in [1.807, 2.05) is 23.9 Å². The average molecular weight is 184 g/mol. The molecule has 76 valence electrons. The van der Waals surface area contributed by atoms with Gasteiger partial charge in [-0.25, -0.2) is 0 Å². The van der Waals surface area contributed by atoms with Gasteiger partial charge in [0.1, 0.15) is 0 Å². The molecule has 0 radical (unpaired) electrons. The first-order chi connectivity index (χ1) is 5.97. The Balaban J connectivity index is 2.31. The molecule has 1 saturated heterocycles. The lowest BCUT2D eigenvalue weighted by Gasteiger charge is -2.48. The second-order valence-electron chi connectivity index (χ2n) is 4.65. The van der Waals surface area contributed by atoms with E-state index in [-0.39, 0.29) is 5.91 Å². The topological polar surface area (TPSA) is 23.6 Å². The zero-order valence-electron chi connectivity index (χ0n) is 9.13. The van der Waals surface area contributed by atoms with Gasteiger partial charge in [0.15, 0.2) is 0 Å². The molecule has 3 nitrogen and oxygen atoms in total. The van der Waals surface area contributed by atoms with Crippen LogP contribution in [0.3, 0.4) is 0 Å². The molecule has 0 bridgehead atoms.